The third-order valence-electron chi connectivity index (χ3n) is 4.01. The van der Waals surface area contributed by atoms with Crippen molar-refractivity contribution in [2.75, 3.05) is 38.6 Å². The molecule has 0 aliphatic carbocycles. The van der Waals surface area contributed by atoms with Gasteiger partial charge in [-0.1, -0.05) is 6.07 Å². The van der Waals surface area contributed by atoms with Gasteiger partial charge in [0.05, 0.1) is 10.8 Å². The van der Waals surface area contributed by atoms with Gasteiger partial charge in [-0.25, -0.2) is 13.6 Å². The molecule has 3 N–H and O–H groups in total. The molecule has 0 spiro atoms. The van der Waals surface area contributed by atoms with E-state index in [-0.39, 0.29) is 29.7 Å². The number of primary sulfonamides is 1. The van der Waals surface area contributed by atoms with Crippen LogP contribution in [-0.4, -0.2) is 58.9 Å². The molecule has 132 valence electrons. The van der Waals surface area contributed by atoms with Crippen molar-refractivity contribution in [2.45, 2.75) is 11.3 Å². The number of benzene rings is 1. The second-order valence-corrected chi connectivity index (χ2v) is 7.37. The third-order valence-corrected chi connectivity index (χ3v) is 4.92. The van der Waals surface area contributed by atoms with E-state index in [1.807, 2.05) is 0 Å². The molecule has 1 aromatic carbocycles. The topological polar surface area (TPSA) is 113 Å². The molecular formula is C15H22N4O4S. The van der Waals surface area contributed by atoms with E-state index >= 15 is 0 Å². The number of sulfonamides is 1. The molecule has 0 radical (unpaired) electrons. The van der Waals surface area contributed by atoms with Crippen molar-refractivity contribution in [1.82, 2.24) is 10.2 Å². The zero-order valence-electron chi connectivity index (χ0n) is 13.7. The van der Waals surface area contributed by atoms with Crippen LogP contribution in [0.1, 0.15) is 6.42 Å². The number of anilines is 1. The van der Waals surface area contributed by atoms with Crippen molar-refractivity contribution >= 4 is 27.5 Å². The maximum atomic E-state index is 12.4. The van der Waals surface area contributed by atoms with Crippen LogP contribution in [0.4, 0.5) is 5.69 Å². The molecule has 1 aliphatic rings. The number of hydrogen-bond acceptors (Lipinski definition) is 5. The van der Waals surface area contributed by atoms with Crippen LogP contribution in [0.2, 0.25) is 0 Å². The molecule has 1 fully saturated rings. The van der Waals surface area contributed by atoms with E-state index < -0.39 is 15.9 Å². The first-order valence-corrected chi connectivity index (χ1v) is 9.11. The molecule has 1 unspecified atom stereocenters. The second kappa shape index (κ2) is 7.29. The number of carbonyl (C=O) groups excluding carboxylic acids is 2. The molecule has 9 heteroatoms. The van der Waals surface area contributed by atoms with Crippen molar-refractivity contribution in [2.24, 2.45) is 11.1 Å². The molecule has 8 nitrogen and oxygen atoms in total. The Morgan fingerprint density at radius 2 is 2.17 bits per heavy atom. The fraction of sp³-hybridized carbons (Fsp3) is 0.467. The lowest BCUT2D eigenvalue weighted by molar-refractivity contribution is -0.134. The van der Waals surface area contributed by atoms with E-state index in [1.54, 1.807) is 25.1 Å². The van der Waals surface area contributed by atoms with Crippen LogP contribution in [0.5, 0.6) is 0 Å². The Balaban J connectivity index is 2.14. The van der Waals surface area contributed by atoms with Gasteiger partial charge in [-0.05, 0) is 25.2 Å². The van der Waals surface area contributed by atoms with Gasteiger partial charge in [0, 0.05) is 38.8 Å². The molecular weight excluding hydrogens is 332 g/mol. The van der Waals surface area contributed by atoms with Gasteiger partial charge in [-0.2, -0.15) is 0 Å². The second-order valence-electron chi connectivity index (χ2n) is 5.81. The van der Waals surface area contributed by atoms with Crippen LogP contribution >= 0.6 is 0 Å². The van der Waals surface area contributed by atoms with Crippen LogP contribution in [0.15, 0.2) is 29.2 Å². The highest BCUT2D eigenvalue weighted by atomic mass is 32.2. The van der Waals surface area contributed by atoms with Crippen LogP contribution in [0, 0.1) is 5.92 Å². The summed E-state index contributed by atoms with van der Waals surface area (Å²) in [4.78, 5) is 27.6. The van der Waals surface area contributed by atoms with E-state index in [2.05, 4.69) is 5.32 Å². The Kier molecular flexibility index (Phi) is 5.58. The number of nitrogens with one attached hydrogen (secondary N) is 1. The van der Waals surface area contributed by atoms with Gasteiger partial charge in [-0.15, -0.1) is 0 Å². The van der Waals surface area contributed by atoms with Crippen LogP contribution in [-0.2, 0) is 19.6 Å². The number of hydrogen-bond donors (Lipinski definition) is 2. The van der Waals surface area contributed by atoms with E-state index in [1.165, 1.54) is 23.1 Å². The Morgan fingerprint density at radius 1 is 1.46 bits per heavy atom. The molecule has 0 bridgehead atoms. The zero-order valence-corrected chi connectivity index (χ0v) is 14.5. The predicted octanol–water partition coefficient (Wildman–Crippen LogP) is -0.635. The molecule has 0 aromatic heterocycles. The molecule has 24 heavy (non-hydrogen) atoms. The highest BCUT2D eigenvalue weighted by molar-refractivity contribution is 7.89. The van der Waals surface area contributed by atoms with Crippen molar-refractivity contribution in [1.29, 1.82) is 0 Å². The Hall–Kier alpha value is -1.97. The average Bonchev–Trinajstić information content (AvgIpc) is 2.93. The molecule has 0 saturated carbocycles. The summed E-state index contributed by atoms with van der Waals surface area (Å²) in [5.74, 6) is -0.733. The summed E-state index contributed by atoms with van der Waals surface area (Å²) in [6, 6.07) is 5.87. The number of carbonyl (C=O) groups is 2. The normalized spacial score (nSPS) is 18.0. The van der Waals surface area contributed by atoms with Crippen molar-refractivity contribution in [3.05, 3.63) is 24.3 Å². The van der Waals surface area contributed by atoms with Gasteiger partial charge in [0.1, 0.15) is 0 Å². The fourth-order valence-corrected chi connectivity index (χ4v) is 3.21. The Labute approximate surface area is 141 Å². The monoisotopic (exact) mass is 354 g/mol. The molecule has 1 atom stereocenters. The summed E-state index contributed by atoms with van der Waals surface area (Å²) in [7, 11) is -0.340. The lowest BCUT2D eigenvalue weighted by Crippen LogP contribution is -2.38. The van der Waals surface area contributed by atoms with Crippen molar-refractivity contribution in [3.63, 3.8) is 0 Å². The molecule has 2 rings (SSSR count). The Bertz CT molecular complexity index is 735. The zero-order chi connectivity index (χ0) is 17.9. The summed E-state index contributed by atoms with van der Waals surface area (Å²) in [5, 5.41) is 8.09. The minimum Gasteiger partial charge on any atom is -0.344 e. The largest absolute Gasteiger partial charge is 0.344 e. The van der Waals surface area contributed by atoms with E-state index in [0.29, 0.717) is 18.8 Å². The fourth-order valence-electron chi connectivity index (χ4n) is 2.65. The summed E-state index contributed by atoms with van der Waals surface area (Å²) >= 11 is 0. The Morgan fingerprint density at radius 3 is 2.79 bits per heavy atom. The van der Waals surface area contributed by atoms with Crippen LogP contribution < -0.4 is 15.4 Å². The number of rotatable bonds is 6. The number of nitrogens with zero attached hydrogens (tertiary/aromatic N) is 2. The summed E-state index contributed by atoms with van der Waals surface area (Å²) < 4.78 is 22.9. The van der Waals surface area contributed by atoms with Gasteiger partial charge >= 0.3 is 0 Å². The first-order chi connectivity index (χ1) is 11.2. The summed E-state index contributed by atoms with van der Waals surface area (Å²) in [5.41, 5.74) is 0.430. The van der Waals surface area contributed by atoms with E-state index in [4.69, 9.17) is 5.14 Å². The first-order valence-electron chi connectivity index (χ1n) is 7.57. The van der Waals surface area contributed by atoms with Gasteiger partial charge < -0.3 is 15.1 Å². The highest BCUT2D eigenvalue weighted by Crippen LogP contribution is 2.27. The number of likely N-dealkylation sites (N-methyl/N-ethyl adjacent to an activating group) is 2. The van der Waals surface area contributed by atoms with Crippen LogP contribution in [0.3, 0.4) is 0 Å². The first kappa shape index (κ1) is 18.4. The summed E-state index contributed by atoms with van der Waals surface area (Å²) in [6.45, 7) is 1.46. The standard InChI is InChI=1S/C15H22N4O4S/c1-17-6-7-18(2)15(21)11-8-14(20)19(10-11)12-4-3-5-13(9-12)24(16,22)23/h3-5,9,11,17H,6-8,10H2,1-2H3,(H2,16,22,23). The quantitative estimate of drug-likeness (QED) is 0.706. The molecule has 1 aliphatic heterocycles. The van der Waals surface area contributed by atoms with Crippen LogP contribution in [0.25, 0.3) is 0 Å². The lowest BCUT2D eigenvalue weighted by atomic mass is 10.1. The molecule has 1 heterocycles. The van der Waals surface area contributed by atoms with Gasteiger partial charge in [0.25, 0.3) is 0 Å². The van der Waals surface area contributed by atoms with Gasteiger partial charge in [0.15, 0.2) is 0 Å². The molecule has 1 aromatic rings. The smallest absolute Gasteiger partial charge is 0.238 e. The SMILES string of the molecule is CNCCN(C)C(=O)C1CC(=O)N(c2cccc(S(N)(=O)=O)c2)C1. The molecule has 2 amide bonds. The maximum Gasteiger partial charge on any atom is 0.238 e. The predicted molar refractivity (Wildman–Crippen MR) is 89.8 cm³/mol. The number of nitrogens with two attached hydrogens (primary N) is 1. The van der Waals surface area contributed by atoms with Gasteiger partial charge in [-0.3, -0.25) is 9.59 Å². The van der Waals surface area contributed by atoms with Crippen molar-refractivity contribution < 1.29 is 18.0 Å². The van der Waals surface area contributed by atoms with E-state index in [9.17, 15) is 18.0 Å². The number of amides is 2. The minimum absolute atomic E-state index is 0.0614. The molecule has 1 saturated heterocycles. The summed E-state index contributed by atoms with van der Waals surface area (Å²) in [6.07, 6.45) is 0.113. The van der Waals surface area contributed by atoms with Crippen molar-refractivity contribution in [3.8, 4) is 0 Å². The highest BCUT2D eigenvalue weighted by Gasteiger charge is 2.36. The minimum atomic E-state index is -3.85. The third kappa shape index (κ3) is 4.11. The van der Waals surface area contributed by atoms with E-state index in [0.717, 1.165) is 0 Å². The average molecular weight is 354 g/mol. The maximum absolute atomic E-state index is 12.4. The lowest BCUT2D eigenvalue weighted by Gasteiger charge is -2.21. The van der Waals surface area contributed by atoms with Gasteiger partial charge in [0.2, 0.25) is 21.8 Å².